The fraction of sp³-hybridized carbons (Fsp3) is 0.909. The summed E-state index contributed by atoms with van der Waals surface area (Å²) >= 11 is 0. The van der Waals surface area contributed by atoms with Crippen LogP contribution in [0.3, 0.4) is 0 Å². The summed E-state index contributed by atoms with van der Waals surface area (Å²) in [6, 6.07) is 0.123. The van der Waals surface area contributed by atoms with Crippen LogP contribution in [0.1, 0.15) is 38.5 Å². The molecule has 18 heavy (non-hydrogen) atoms. The molecule has 1 unspecified atom stereocenters. The molecule has 102 valence electrons. The van der Waals surface area contributed by atoms with Gasteiger partial charge >= 0.3 is 0 Å². The molecule has 6 nitrogen and oxygen atoms in total. The molecule has 1 saturated carbocycles. The van der Waals surface area contributed by atoms with E-state index in [1.807, 2.05) is 0 Å². The average Bonchev–Trinajstić information content (AvgIpc) is 2.41. The molecular weight excluding hydrogens is 251 g/mol. The summed E-state index contributed by atoms with van der Waals surface area (Å²) in [5.74, 6) is 5.11. The second kappa shape index (κ2) is 5.61. The van der Waals surface area contributed by atoms with Crippen molar-refractivity contribution in [1.29, 1.82) is 0 Å². The molecule has 2 aliphatic rings. The molecule has 2 fully saturated rings. The Bertz CT molecular complexity index is 335. The normalized spacial score (nSPS) is 35.1. The minimum Gasteiger partial charge on any atom is -0.308 e. The third kappa shape index (κ3) is 2.57. The molecule has 1 heterocycles. The first-order valence-corrected chi connectivity index (χ1v) is 7.35. The van der Waals surface area contributed by atoms with E-state index in [1.54, 1.807) is 0 Å². The van der Waals surface area contributed by atoms with Crippen LogP contribution in [0.5, 0.6) is 0 Å². The van der Waals surface area contributed by atoms with Gasteiger partial charge in [-0.1, -0.05) is 19.3 Å². The first kappa shape index (κ1) is 13.9. The number of amides is 1. The first-order chi connectivity index (χ1) is 8.58. The third-order valence-corrected chi connectivity index (χ3v) is 4.79. The Labute approximate surface area is 109 Å². The van der Waals surface area contributed by atoms with Crippen LogP contribution in [0.25, 0.3) is 0 Å². The van der Waals surface area contributed by atoms with E-state index < -0.39 is 11.2 Å². The van der Waals surface area contributed by atoms with E-state index in [4.69, 9.17) is 11.6 Å². The summed E-state index contributed by atoms with van der Waals surface area (Å²) in [4.78, 5) is 12.0. The summed E-state index contributed by atoms with van der Waals surface area (Å²) < 4.78 is 11.3. The number of hydrogen-bond donors (Lipinski definition) is 3. The predicted octanol–water partition coefficient (Wildman–Crippen LogP) is 0.330. The molecule has 1 aliphatic carbocycles. The molecule has 1 amide bonds. The molecule has 7 heteroatoms. The highest BCUT2D eigenvalue weighted by Crippen LogP contribution is 2.30. The lowest BCUT2D eigenvalue weighted by atomic mass is 9.92. The van der Waals surface area contributed by atoms with Gasteiger partial charge in [-0.25, -0.2) is 5.84 Å². The number of rotatable bonds is 3. The van der Waals surface area contributed by atoms with E-state index in [0.717, 1.165) is 17.9 Å². The Morgan fingerprint density at radius 1 is 1.28 bits per heavy atom. The topological polar surface area (TPSA) is 101 Å². The van der Waals surface area contributed by atoms with E-state index >= 15 is 0 Å². The van der Waals surface area contributed by atoms with Crippen LogP contribution in [-0.2, 0) is 9.36 Å². The molecule has 0 aromatic carbocycles. The number of hydrogen-bond acceptors (Lipinski definition) is 5. The van der Waals surface area contributed by atoms with Crippen molar-refractivity contribution in [2.75, 3.05) is 6.54 Å². The van der Waals surface area contributed by atoms with Gasteiger partial charge in [0, 0.05) is 18.6 Å². The summed E-state index contributed by atoms with van der Waals surface area (Å²) in [7, 11) is -0.364. The van der Waals surface area contributed by atoms with Crippen molar-refractivity contribution in [3.05, 3.63) is 0 Å². The zero-order valence-corrected chi connectivity index (χ0v) is 11.4. The molecule has 0 spiro atoms. The Hall–Kier alpha value is -0.550. The minimum absolute atomic E-state index is 0.257. The number of hydrazine groups is 1. The van der Waals surface area contributed by atoms with Crippen LogP contribution in [0.4, 0.5) is 0 Å². The lowest BCUT2D eigenvalue weighted by molar-refractivity contribution is -0.138. The zero-order valence-electron chi connectivity index (χ0n) is 10.5. The minimum atomic E-state index is -1.41. The molecule has 0 aromatic heterocycles. The number of nitrogens with zero attached hydrogens (tertiary/aromatic N) is 1. The van der Waals surface area contributed by atoms with Crippen molar-refractivity contribution >= 4 is 14.4 Å². The smallest absolute Gasteiger partial charge is 0.270 e. The van der Waals surface area contributed by atoms with Crippen LogP contribution >= 0.6 is 8.46 Å². The van der Waals surface area contributed by atoms with E-state index in [2.05, 4.69) is 5.32 Å². The van der Waals surface area contributed by atoms with Crippen LogP contribution in [0, 0.1) is 0 Å². The number of carbonyl (C=O) groups is 1. The van der Waals surface area contributed by atoms with Crippen LogP contribution in [0.2, 0.25) is 0 Å². The monoisotopic (exact) mass is 272 g/mol. The first-order valence-electron chi connectivity index (χ1n) is 6.54. The molecule has 1 saturated heterocycles. The fourth-order valence-electron chi connectivity index (χ4n) is 2.84. The molecule has 2 atom stereocenters. The zero-order chi connectivity index (χ0) is 13.2. The maximum absolute atomic E-state index is 12.0. The number of piperidine rings is 1. The highest BCUT2D eigenvalue weighted by Gasteiger charge is 2.49. The van der Waals surface area contributed by atoms with E-state index in [-0.39, 0.29) is 14.5 Å². The van der Waals surface area contributed by atoms with Gasteiger partial charge in [-0.05, 0) is 19.3 Å². The van der Waals surface area contributed by atoms with Crippen LogP contribution in [-0.4, -0.2) is 34.8 Å². The highest BCUT2D eigenvalue weighted by atomic mass is 31.1. The predicted molar refractivity (Wildman–Crippen MR) is 68.8 cm³/mol. The Morgan fingerprint density at radius 2 is 1.94 bits per heavy atom. The van der Waals surface area contributed by atoms with Crippen molar-refractivity contribution in [2.24, 2.45) is 11.6 Å². The standard InChI is InChI=1S/C11H21N4O2P/c12-11(18-17)9(6-7-15(13)10(11)16)14-8-4-2-1-3-5-8/h8-9,14H,1-7,12-13H2/t9?,11-/m0/s1. The average molecular weight is 272 g/mol. The number of nitrogens with two attached hydrogens (primary N) is 2. The fourth-order valence-corrected chi connectivity index (χ4v) is 3.37. The highest BCUT2D eigenvalue weighted by molar-refractivity contribution is 7.27. The number of nitrogens with one attached hydrogen (secondary N) is 1. The third-order valence-electron chi connectivity index (χ3n) is 3.99. The molecule has 1 aliphatic heterocycles. The van der Waals surface area contributed by atoms with Crippen molar-refractivity contribution in [3.63, 3.8) is 0 Å². The summed E-state index contributed by atoms with van der Waals surface area (Å²) in [6.45, 7) is 0.456. The number of carbonyl (C=O) groups excluding carboxylic acids is 1. The lowest BCUT2D eigenvalue weighted by Crippen LogP contribution is -2.69. The van der Waals surface area contributed by atoms with Gasteiger partial charge in [-0.3, -0.25) is 14.4 Å². The molecule has 0 bridgehead atoms. The molecular formula is C11H21N4O2P. The van der Waals surface area contributed by atoms with Gasteiger partial charge in [0.25, 0.3) is 5.91 Å². The Kier molecular flexibility index (Phi) is 4.33. The lowest BCUT2D eigenvalue weighted by Gasteiger charge is -2.41. The SMILES string of the molecule is NN1CCC(NC2CCCCC2)[C@](N)(P=O)C1=O. The van der Waals surface area contributed by atoms with Crippen molar-refractivity contribution in [1.82, 2.24) is 10.3 Å². The molecule has 0 radical (unpaired) electrons. The van der Waals surface area contributed by atoms with E-state index in [0.29, 0.717) is 19.0 Å². The second-order valence-electron chi connectivity index (χ2n) is 5.26. The Balaban J connectivity index is 2.05. The molecule has 5 N–H and O–H groups in total. The van der Waals surface area contributed by atoms with Crippen LogP contribution in [0.15, 0.2) is 0 Å². The molecule has 2 rings (SSSR count). The van der Waals surface area contributed by atoms with E-state index in [9.17, 15) is 9.36 Å². The summed E-state index contributed by atoms with van der Waals surface area (Å²) in [5, 5.41) is 3.08. The summed E-state index contributed by atoms with van der Waals surface area (Å²) in [6.07, 6.45) is 6.52. The maximum Gasteiger partial charge on any atom is 0.270 e. The largest absolute Gasteiger partial charge is 0.308 e. The van der Waals surface area contributed by atoms with Crippen molar-refractivity contribution in [3.8, 4) is 0 Å². The maximum atomic E-state index is 12.0. The molecule has 0 aromatic rings. The van der Waals surface area contributed by atoms with Gasteiger partial charge in [-0.2, -0.15) is 0 Å². The quantitative estimate of drug-likeness (QED) is 0.390. The summed E-state index contributed by atoms with van der Waals surface area (Å²) in [5.41, 5.74) is 6.00. The van der Waals surface area contributed by atoms with E-state index in [1.165, 1.54) is 19.3 Å². The van der Waals surface area contributed by atoms with Crippen LogP contribution < -0.4 is 16.9 Å². The van der Waals surface area contributed by atoms with Gasteiger partial charge in [0.1, 0.15) is 0 Å². The van der Waals surface area contributed by atoms with Gasteiger partial charge in [0.05, 0.1) is 0 Å². The van der Waals surface area contributed by atoms with Crippen molar-refractivity contribution < 1.29 is 9.36 Å². The van der Waals surface area contributed by atoms with Gasteiger partial charge in [-0.15, -0.1) is 0 Å². The Morgan fingerprint density at radius 3 is 2.56 bits per heavy atom. The van der Waals surface area contributed by atoms with Crippen molar-refractivity contribution in [2.45, 2.75) is 55.9 Å². The van der Waals surface area contributed by atoms with Gasteiger partial charge in [0.2, 0.25) is 0 Å². The second-order valence-corrected chi connectivity index (χ2v) is 6.18. The van der Waals surface area contributed by atoms with Gasteiger partial charge < -0.3 is 11.1 Å². The van der Waals surface area contributed by atoms with Gasteiger partial charge in [0.15, 0.2) is 13.7 Å².